The zero-order valence-corrected chi connectivity index (χ0v) is 13.8. The Morgan fingerprint density at radius 3 is 2.57 bits per heavy atom. The Morgan fingerprint density at radius 1 is 1.38 bits per heavy atom. The first kappa shape index (κ1) is 16.2. The molecule has 0 saturated heterocycles. The average molecular weight is 310 g/mol. The van der Waals surface area contributed by atoms with Crippen LogP contribution in [0.1, 0.15) is 50.8 Å². The maximum absolute atomic E-state index is 12.9. The zero-order valence-electron chi connectivity index (χ0n) is 13.0. The van der Waals surface area contributed by atoms with Crippen LogP contribution in [0.5, 0.6) is 0 Å². The van der Waals surface area contributed by atoms with Crippen molar-refractivity contribution in [2.24, 2.45) is 0 Å². The van der Waals surface area contributed by atoms with Gasteiger partial charge in [-0.1, -0.05) is 19.3 Å². The highest BCUT2D eigenvalue weighted by Gasteiger charge is 2.40. The van der Waals surface area contributed by atoms with E-state index in [1.54, 1.807) is 6.20 Å². The monoisotopic (exact) mass is 310 g/mol. The first-order valence-corrected chi connectivity index (χ1v) is 8.67. The molecule has 1 aromatic heterocycles. The summed E-state index contributed by atoms with van der Waals surface area (Å²) in [5, 5.41) is 4.12. The summed E-state index contributed by atoms with van der Waals surface area (Å²) in [7, 11) is 0. The smallest absolute Gasteiger partial charge is 0.242 e. The molecule has 0 radical (unpaired) electrons. The number of carbonyl (C=O) groups is 1. The van der Waals surface area contributed by atoms with Crippen molar-refractivity contribution in [2.75, 3.05) is 18.8 Å². The second kappa shape index (κ2) is 7.22. The second-order valence-electron chi connectivity index (χ2n) is 5.64. The lowest BCUT2D eigenvalue weighted by atomic mass is 9.80. The van der Waals surface area contributed by atoms with Gasteiger partial charge in [-0.2, -0.15) is 0 Å². The number of hydrogen-bond acceptors (Lipinski definition) is 5. The lowest BCUT2D eigenvalue weighted by Crippen LogP contribution is -2.58. The molecule has 6 heteroatoms. The number of rotatable bonds is 6. The molecule has 1 amide bonds. The van der Waals surface area contributed by atoms with E-state index in [4.69, 9.17) is 5.73 Å². The molecule has 21 heavy (non-hydrogen) atoms. The number of amides is 1. The fourth-order valence-electron chi connectivity index (χ4n) is 3.10. The van der Waals surface area contributed by atoms with E-state index >= 15 is 0 Å². The summed E-state index contributed by atoms with van der Waals surface area (Å²) in [5.74, 6) is 0.254. The normalized spacial score (nSPS) is 17.6. The van der Waals surface area contributed by atoms with E-state index < -0.39 is 5.54 Å². The molecule has 1 fully saturated rings. The number of anilines is 1. The van der Waals surface area contributed by atoms with E-state index in [-0.39, 0.29) is 5.91 Å². The van der Waals surface area contributed by atoms with Crippen LogP contribution in [0.2, 0.25) is 0 Å². The summed E-state index contributed by atoms with van der Waals surface area (Å²) >= 11 is 1.49. The molecule has 3 N–H and O–H groups in total. The lowest BCUT2D eigenvalue weighted by Gasteiger charge is -2.40. The molecule has 0 atom stereocenters. The molecule has 118 valence electrons. The third kappa shape index (κ3) is 3.74. The van der Waals surface area contributed by atoms with Gasteiger partial charge < -0.3 is 10.6 Å². The van der Waals surface area contributed by atoms with Gasteiger partial charge in [0.05, 0.1) is 5.54 Å². The Hall–Kier alpha value is -1.14. The highest BCUT2D eigenvalue weighted by atomic mass is 32.1. The van der Waals surface area contributed by atoms with Crippen molar-refractivity contribution >= 4 is 22.4 Å². The van der Waals surface area contributed by atoms with Crippen LogP contribution >= 0.6 is 11.3 Å². The van der Waals surface area contributed by atoms with Crippen LogP contribution in [0.3, 0.4) is 0 Å². The molecule has 0 unspecified atom stereocenters. The van der Waals surface area contributed by atoms with Crippen LogP contribution < -0.4 is 11.1 Å². The summed E-state index contributed by atoms with van der Waals surface area (Å²) in [6, 6.07) is 0. The fourth-order valence-corrected chi connectivity index (χ4v) is 3.72. The molecule has 0 bridgehead atoms. The maximum atomic E-state index is 12.9. The van der Waals surface area contributed by atoms with Gasteiger partial charge >= 0.3 is 0 Å². The van der Waals surface area contributed by atoms with Gasteiger partial charge in [0.1, 0.15) is 0 Å². The fraction of sp³-hybridized carbons (Fsp3) is 0.733. The summed E-state index contributed by atoms with van der Waals surface area (Å²) in [4.78, 5) is 20.0. The molecule has 1 aromatic rings. The lowest BCUT2D eigenvalue weighted by molar-refractivity contribution is -0.139. The van der Waals surface area contributed by atoms with Gasteiger partial charge in [-0.15, -0.1) is 11.3 Å². The van der Waals surface area contributed by atoms with Crippen LogP contribution in [-0.2, 0) is 11.3 Å². The number of carbonyl (C=O) groups excluding carboxylic acids is 1. The minimum atomic E-state index is -0.400. The zero-order chi connectivity index (χ0) is 15.3. The van der Waals surface area contributed by atoms with E-state index in [9.17, 15) is 4.79 Å². The quantitative estimate of drug-likeness (QED) is 0.846. The van der Waals surface area contributed by atoms with E-state index in [2.05, 4.69) is 10.3 Å². The van der Waals surface area contributed by atoms with E-state index in [0.717, 1.165) is 43.6 Å². The van der Waals surface area contributed by atoms with E-state index in [1.807, 2.05) is 18.7 Å². The number of nitrogens with zero attached hydrogens (tertiary/aromatic N) is 2. The predicted molar refractivity (Wildman–Crippen MR) is 87.1 cm³/mol. The molecule has 2 rings (SSSR count). The van der Waals surface area contributed by atoms with Crippen molar-refractivity contribution in [1.82, 2.24) is 15.2 Å². The van der Waals surface area contributed by atoms with Gasteiger partial charge in [0, 0.05) is 30.7 Å². The van der Waals surface area contributed by atoms with Gasteiger partial charge in [0.2, 0.25) is 5.91 Å². The van der Waals surface area contributed by atoms with Crippen molar-refractivity contribution in [3.63, 3.8) is 0 Å². The standard InChI is InChI=1S/C15H26N4OS/c1-3-19(4-2)13(20)15(8-6-5-7-9-15)18-11-12-10-17-14(16)21-12/h10,18H,3-9,11H2,1-2H3,(H2,16,17). The number of likely N-dealkylation sites (N-methyl/N-ethyl adjacent to an activating group) is 1. The molecular weight excluding hydrogens is 284 g/mol. The molecular formula is C15H26N4OS. The Labute approximate surface area is 130 Å². The summed E-state index contributed by atoms with van der Waals surface area (Å²) < 4.78 is 0. The molecule has 5 nitrogen and oxygen atoms in total. The van der Waals surface area contributed by atoms with Crippen molar-refractivity contribution < 1.29 is 4.79 Å². The number of nitrogen functional groups attached to an aromatic ring is 1. The van der Waals surface area contributed by atoms with E-state index in [1.165, 1.54) is 17.8 Å². The van der Waals surface area contributed by atoms with Crippen LogP contribution in [0.25, 0.3) is 0 Å². The number of thiazole rings is 1. The van der Waals surface area contributed by atoms with Gasteiger partial charge in [-0.05, 0) is 26.7 Å². The van der Waals surface area contributed by atoms with E-state index in [0.29, 0.717) is 11.7 Å². The summed E-state index contributed by atoms with van der Waals surface area (Å²) in [6.07, 6.45) is 7.11. The Bertz CT molecular complexity index is 464. The average Bonchev–Trinajstić information content (AvgIpc) is 2.93. The minimum Gasteiger partial charge on any atom is -0.375 e. The number of aromatic nitrogens is 1. The topological polar surface area (TPSA) is 71.2 Å². The van der Waals surface area contributed by atoms with Crippen molar-refractivity contribution in [3.05, 3.63) is 11.1 Å². The summed E-state index contributed by atoms with van der Waals surface area (Å²) in [5.41, 5.74) is 5.28. The third-order valence-electron chi connectivity index (χ3n) is 4.34. The molecule has 1 aliphatic carbocycles. The highest BCUT2D eigenvalue weighted by molar-refractivity contribution is 7.15. The van der Waals surface area contributed by atoms with Crippen LogP contribution in [-0.4, -0.2) is 34.4 Å². The number of nitrogens with one attached hydrogen (secondary N) is 1. The first-order valence-electron chi connectivity index (χ1n) is 7.86. The van der Waals surface area contributed by atoms with Crippen LogP contribution in [0.15, 0.2) is 6.20 Å². The Balaban J connectivity index is 2.10. The van der Waals surface area contributed by atoms with Crippen molar-refractivity contribution in [3.8, 4) is 0 Å². The molecule has 0 aromatic carbocycles. The number of nitrogens with two attached hydrogens (primary N) is 1. The summed E-state index contributed by atoms with van der Waals surface area (Å²) in [6.45, 7) is 6.30. The first-order chi connectivity index (χ1) is 10.1. The van der Waals surface area contributed by atoms with Crippen molar-refractivity contribution in [1.29, 1.82) is 0 Å². The minimum absolute atomic E-state index is 0.254. The molecule has 0 aliphatic heterocycles. The van der Waals surface area contributed by atoms with Gasteiger partial charge in [0.15, 0.2) is 5.13 Å². The highest BCUT2D eigenvalue weighted by Crippen LogP contribution is 2.31. The predicted octanol–water partition coefficient (Wildman–Crippen LogP) is 2.39. The Kier molecular flexibility index (Phi) is 5.58. The van der Waals surface area contributed by atoms with Crippen LogP contribution in [0.4, 0.5) is 5.13 Å². The maximum Gasteiger partial charge on any atom is 0.242 e. The van der Waals surface area contributed by atoms with Crippen molar-refractivity contribution in [2.45, 2.75) is 58.0 Å². The SMILES string of the molecule is CCN(CC)C(=O)C1(NCc2cnc(N)s2)CCCCC1. The largest absolute Gasteiger partial charge is 0.375 e. The molecule has 0 spiro atoms. The van der Waals surface area contributed by atoms with Crippen LogP contribution in [0, 0.1) is 0 Å². The molecule has 1 aliphatic rings. The van der Waals surface area contributed by atoms with Gasteiger partial charge in [-0.3, -0.25) is 10.1 Å². The molecule has 1 heterocycles. The second-order valence-corrected chi connectivity index (χ2v) is 6.79. The number of hydrogen-bond donors (Lipinski definition) is 2. The Morgan fingerprint density at radius 2 is 2.05 bits per heavy atom. The molecule has 1 saturated carbocycles. The third-order valence-corrected chi connectivity index (χ3v) is 5.17. The van der Waals surface area contributed by atoms with Gasteiger partial charge in [0.25, 0.3) is 0 Å². The van der Waals surface area contributed by atoms with Gasteiger partial charge in [-0.25, -0.2) is 4.98 Å².